The Labute approximate surface area is 142 Å². The van der Waals surface area contributed by atoms with Gasteiger partial charge in [-0.3, -0.25) is 4.98 Å². The van der Waals surface area contributed by atoms with Crippen molar-refractivity contribution in [2.75, 3.05) is 27.2 Å². The smallest absolute Gasteiger partial charge is 0.170 e. The van der Waals surface area contributed by atoms with Crippen LogP contribution in [0.3, 0.4) is 0 Å². The Morgan fingerprint density at radius 3 is 2.74 bits per heavy atom. The van der Waals surface area contributed by atoms with E-state index in [-0.39, 0.29) is 12.1 Å². The Balaban J connectivity index is 1.94. The Hall–Kier alpha value is -1.92. The fourth-order valence-corrected chi connectivity index (χ4v) is 3.21. The third-order valence-corrected chi connectivity index (χ3v) is 4.39. The molecule has 0 saturated carbocycles. The molecule has 0 radical (unpaired) electrons. The monoisotopic (exact) mass is 330 g/mol. The molecule has 6 heteroatoms. The molecule has 1 N–H and O–H groups in total. The lowest BCUT2D eigenvalue weighted by Crippen LogP contribution is -2.35. The lowest BCUT2D eigenvalue weighted by molar-refractivity contribution is 0.246. The SMILES string of the molecule is Cc1ccc([C@H]2[C@H](c3ccccn3)NC(=S)N2CCN(C)C)o1. The first-order valence-electron chi connectivity index (χ1n) is 7.75. The summed E-state index contributed by atoms with van der Waals surface area (Å²) in [6, 6.07) is 10.00. The van der Waals surface area contributed by atoms with Gasteiger partial charge in [0.15, 0.2) is 5.11 Å². The van der Waals surface area contributed by atoms with Crippen LogP contribution in [0.15, 0.2) is 40.9 Å². The molecule has 1 aliphatic heterocycles. The van der Waals surface area contributed by atoms with E-state index in [1.807, 2.05) is 43.5 Å². The van der Waals surface area contributed by atoms with E-state index in [1.54, 1.807) is 0 Å². The number of aromatic nitrogens is 1. The summed E-state index contributed by atoms with van der Waals surface area (Å²) in [5.74, 6) is 1.83. The minimum absolute atomic E-state index is 0.00332. The molecule has 23 heavy (non-hydrogen) atoms. The second-order valence-corrected chi connectivity index (χ2v) is 6.46. The number of pyridine rings is 1. The van der Waals surface area contributed by atoms with Gasteiger partial charge in [-0.1, -0.05) is 6.07 Å². The third-order valence-electron chi connectivity index (χ3n) is 4.04. The van der Waals surface area contributed by atoms with Crippen LogP contribution in [0, 0.1) is 6.92 Å². The van der Waals surface area contributed by atoms with Crippen molar-refractivity contribution in [2.24, 2.45) is 0 Å². The maximum atomic E-state index is 5.92. The highest BCUT2D eigenvalue weighted by molar-refractivity contribution is 7.80. The van der Waals surface area contributed by atoms with Crippen molar-refractivity contribution in [3.05, 3.63) is 53.7 Å². The van der Waals surface area contributed by atoms with Crippen molar-refractivity contribution in [1.82, 2.24) is 20.1 Å². The Morgan fingerprint density at radius 2 is 2.13 bits per heavy atom. The van der Waals surface area contributed by atoms with E-state index in [2.05, 4.69) is 34.2 Å². The molecular formula is C17H22N4OS. The molecule has 0 aromatic carbocycles. The molecule has 1 fully saturated rings. The van der Waals surface area contributed by atoms with Crippen molar-refractivity contribution in [1.29, 1.82) is 0 Å². The summed E-state index contributed by atoms with van der Waals surface area (Å²) in [6.07, 6.45) is 1.81. The van der Waals surface area contributed by atoms with Crippen molar-refractivity contribution < 1.29 is 4.42 Å². The number of aryl methyl sites for hydroxylation is 1. The lowest BCUT2D eigenvalue weighted by atomic mass is 10.0. The molecule has 1 saturated heterocycles. The zero-order chi connectivity index (χ0) is 16.4. The summed E-state index contributed by atoms with van der Waals surface area (Å²) >= 11 is 5.58. The van der Waals surface area contributed by atoms with Gasteiger partial charge in [-0.25, -0.2) is 0 Å². The fourth-order valence-electron chi connectivity index (χ4n) is 2.88. The van der Waals surface area contributed by atoms with E-state index in [1.165, 1.54) is 0 Å². The molecule has 0 spiro atoms. The van der Waals surface area contributed by atoms with E-state index in [0.29, 0.717) is 0 Å². The summed E-state index contributed by atoms with van der Waals surface area (Å²) in [7, 11) is 4.13. The molecule has 5 nitrogen and oxygen atoms in total. The second kappa shape index (κ2) is 6.68. The number of likely N-dealkylation sites (N-methyl/N-ethyl adjacent to an activating group) is 1. The summed E-state index contributed by atoms with van der Waals surface area (Å²) in [5.41, 5.74) is 0.973. The standard InChI is InChI=1S/C17H22N4OS/c1-12-7-8-14(22-12)16-15(13-6-4-5-9-18-13)19-17(23)21(16)11-10-20(2)3/h4-9,15-16H,10-11H2,1-3H3,(H,19,23)/t15-,16-/m0/s1. The molecule has 0 unspecified atom stereocenters. The number of hydrogen-bond acceptors (Lipinski definition) is 4. The van der Waals surface area contributed by atoms with Crippen molar-refractivity contribution in [3.8, 4) is 0 Å². The Morgan fingerprint density at radius 1 is 1.30 bits per heavy atom. The van der Waals surface area contributed by atoms with Gasteiger partial charge < -0.3 is 19.5 Å². The van der Waals surface area contributed by atoms with Gasteiger partial charge in [-0.2, -0.15) is 0 Å². The van der Waals surface area contributed by atoms with Crippen LogP contribution in [0.25, 0.3) is 0 Å². The van der Waals surface area contributed by atoms with E-state index >= 15 is 0 Å². The number of furan rings is 1. The first-order valence-corrected chi connectivity index (χ1v) is 8.16. The van der Waals surface area contributed by atoms with Crippen LogP contribution in [0.1, 0.15) is 29.3 Å². The van der Waals surface area contributed by atoms with Crippen molar-refractivity contribution in [2.45, 2.75) is 19.0 Å². The zero-order valence-corrected chi connectivity index (χ0v) is 14.5. The van der Waals surface area contributed by atoms with E-state index in [9.17, 15) is 0 Å². The highest BCUT2D eigenvalue weighted by Crippen LogP contribution is 2.38. The summed E-state index contributed by atoms with van der Waals surface area (Å²) in [6.45, 7) is 3.73. The average molecular weight is 330 g/mol. The minimum Gasteiger partial charge on any atom is -0.464 e. The Kier molecular flexibility index (Phi) is 4.63. The molecule has 3 heterocycles. The molecule has 3 rings (SSSR count). The molecule has 122 valence electrons. The second-order valence-electron chi connectivity index (χ2n) is 6.07. The van der Waals surface area contributed by atoms with Crippen molar-refractivity contribution in [3.63, 3.8) is 0 Å². The highest BCUT2D eigenvalue weighted by atomic mass is 32.1. The van der Waals surface area contributed by atoms with Crippen LogP contribution in [0.2, 0.25) is 0 Å². The van der Waals surface area contributed by atoms with Gasteiger partial charge in [0.1, 0.15) is 17.6 Å². The summed E-state index contributed by atoms with van der Waals surface area (Å²) in [5, 5.41) is 4.17. The zero-order valence-electron chi connectivity index (χ0n) is 13.7. The van der Waals surface area contributed by atoms with Gasteiger partial charge in [0.2, 0.25) is 0 Å². The van der Waals surface area contributed by atoms with Crippen LogP contribution in [0.5, 0.6) is 0 Å². The van der Waals surface area contributed by atoms with Crippen LogP contribution in [-0.4, -0.2) is 47.1 Å². The van der Waals surface area contributed by atoms with E-state index in [4.69, 9.17) is 16.6 Å². The van der Waals surface area contributed by atoms with E-state index in [0.717, 1.165) is 35.4 Å². The maximum absolute atomic E-state index is 5.92. The predicted octanol–water partition coefficient (Wildman–Crippen LogP) is 2.52. The van der Waals surface area contributed by atoms with Gasteiger partial charge >= 0.3 is 0 Å². The van der Waals surface area contributed by atoms with Gasteiger partial charge in [-0.05, 0) is 57.5 Å². The van der Waals surface area contributed by atoms with Gasteiger partial charge in [-0.15, -0.1) is 0 Å². The van der Waals surface area contributed by atoms with Crippen LogP contribution >= 0.6 is 12.2 Å². The maximum Gasteiger partial charge on any atom is 0.170 e. The topological polar surface area (TPSA) is 44.5 Å². The average Bonchev–Trinajstić information content (AvgIpc) is 3.09. The first kappa shape index (κ1) is 16.0. The van der Waals surface area contributed by atoms with Gasteiger partial charge in [0.05, 0.1) is 11.7 Å². The number of rotatable bonds is 5. The van der Waals surface area contributed by atoms with Crippen LogP contribution in [0.4, 0.5) is 0 Å². The molecule has 0 bridgehead atoms. The molecule has 2 atom stereocenters. The molecule has 0 amide bonds. The molecule has 1 aliphatic rings. The van der Waals surface area contributed by atoms with E-state index < -0.39 is 0 Å². The highest BCUT2D eigenvalue weighted by Gasteiger charge is 2.41. The predicted molar refractivity (Wildman–Crippen MR) is 94.2 cm³/mol. The largest absolute Gasteiger partial charge is 0.464 e. The van der Waals surface area contributed by atoms with Crippen molar-refractivity contribution >= 4 is 17.3 Å². The van der Waals surface area contributed by atoms with Gasteiger partial charge in [0, 0.05) is 19.3 Å². The lowest BCUT2D eigenvalue weighted by Gasteiger charge is -2.27. The van der Waals surface area contributed by atoms with Crippen LogP contribution in [-0.2, 0) is 0 Å². The number of nitrogens with one attached hydrogen (secondary N) is 1. The normalized spacial score (nSPS) is 21.0. The summed E-state index contributed by atoms with van der Waals surface area (Å²) < 4.78 is 5.92. The minimum atomic E-state index is -0.00332. The third kappa shape index (κ3) is 3.38. The van der Waals surface area contributed by atoms with Gasteiger partial charge in [0.25, 0.3) is 0 Å². The number of hydrogen-bond donors (Lipinski definition) is 1. The summed E-state index contributed by atoms with van der Waals surface area (Å²) in [4.78, 5) is 8.86. The first-order chi connectivity index (χ1) is 11.1. The molecule has 2 aromatic heterocycles. The number of nitrogens with zero attached hydrogens (tertiary/aromatic N) is 3. The number of thiocarbonyl (C=S) groups is 1. The Bertz CT molecular complexity index is 670. The molecular weight excluding hydrogens is 308 g/mol. The molecule has 0 aliphatic carbocycles. The van der Waals surface area contributed by atoms with Crippen LogP contribution < -0.4 is 5.32 Å². The molecule has 2 aromatic rings. The fraction of sp³-hybridized carbons (Fsp3) is 0.412. The quantitative estimate of drug-likeness (QED) is 0.850.